The Morgan fingerprint density at radius 1 is 1.12 bits per heavy atom. The third-order valence-corrected chi connectivity index (χ3v) is 5.14. The summed E-state index contributed by atoms with van der Waals surface area (Å²) in [4.78, 5) is 14.6. The molecule has 0 bridgehead atoms. The Balaban J connectivity index is 1.52. The van der Waals surface area contributed by atoms with E-state index in [1.54, 1.807) is 0 Å². The third kappa shape index (κ3) is 4.71. The Labute approximate surface area is 156 Å². The summed E-state index contributed by atoms with van der Waals surface area (Å²) in [6, 6.07) is 19.2. The van der Waals surface area contributed by atoms with Gasteiger partial charge in [0.05, 0.1) is 12.6 Å². The van der Waals surface area contributed by atoms with Crippen molar-refractivity contribution in [3.05, 3.63) is 71.3 Å². The van der Waals surface area contributed by atoms with Gasteiger partial charge in [-0.1, -0.05) is 54.6 Å². The van der Waals surface area contributed by atoms with Gasteiger partial charge in [-0.15, -0.1) is 0 Å². The van der Waals surface area contributed by atoms with E-state index < -0.39 is 0 Å². The summed E-state index contributed by atoms with van der Waals surface area (Å²) in [6.07, 6.45) is 3.27. The monoisotopic (exact) mass is 351 g/mol. The number of aryl methyl sites for hydroxylation is 1. The van der Waals surface area contributed by atoms with Gasteiger partial charge in [0, 0.05) is 12.6 Å². The molecule has 2 aromatic carbocycles. The first-order chi connectivity index (χ1) is 12.6. The molecule has 0 radical (unpaired) electrons. The zero-order valence-electron chi connectivity index (χ0n) is 15.7. The van der Waals surface area contributed by atoms with Crippen molar-refractivity contribution >= 4 is 5.91 Å². The van der Waals surface area contributed by atoms with Crippen LogP contribution in [0.15, 0.2) is 54.6 Å². The van der Waals surface area contributed by atoms with E-state index in [2.05, 4.69) is 78.2 Å². The molecule has 0 aliphatic heterocycles. The number of carbonyl (C=O) groups excluding carboxylic acids is 1. The van der Waals surface area contributed by atoms with Crippen molar-refractivity contribution in [2.75, 3.05) is 27.2 Å². The Morgan fingerprint density at radius 2 is 1.85 bits per heavy atom. The van der Waals surface area contributed by atoms with Crippen molar-refractivity contribution in [3.63, 3.8) is 0 Å². The zero-order chi connectivity index (χ0) is 18.4. The number of hydrogen-bond acceptors (Lipinski definition) is 3. The first-order valence-electron chi connectivity index (χ1n) is 9.44. The van der Waals surface area contributed by atoms with Crippen molar-refractivity contribution < 1.29 is 4.79 Å². The van der Waals surface area contributed by atoms with Gasteiger partial charge < -0.3 is 15.5 Å². The van der Waals surface area contributed by atoms with Gasteiger partial charge in [0.2, 0.25) is 5.91 Å². The van der Waals surface area contributed by atoms with Crippen LogP contribution in [0.3, 0.4) is 0 Å². The summed E-state index contributed by atoms with van der Waals surface area (Å²) in [7, 11) is 4.14. The van der Waals surface area contributed by atoms with Crippen LogP contribution in [-0.4, -0.2) is 38.0 Å². The number of amides is 1. The van der Waals surface area contributed by atoms with Gasteiger partial charge in [-0.05, 0) is 50.0 Å². The minimum Gasteiger partial charge on any atom is -0.348 e. The van der Waals surface area contributed by atoms with Crippen LogP contribution in [0.2, 0.25) is 0 Å². The molecule has 1 amide bonds. The fourth-order valence-electron chi connectivity index (χ4n) is 3.75. The molecule has 0 unspecified atom stereocenters. The van der Waals surface area contributed by atoms with Crippen LogP contribution >= 0.6 is 0 Å². The van der Waals surface area contributed by atoms with Crippen LogP contribution in [0, 0.1) is 0 Å². The minimum absolute atomic E-state index is 0.0669. The number of nitrogens with one attached hydrogen (secondary N) is 2. The maximum Gasteiger partial charge on any atom is 0.234 e. The lowest BCUT2D eigenvalue weighted by Gasteiger charge is -2.27. The number of rotatable bonds is 7. The van der Waals surface area contributed by atoms with Gasteiger partial charge in [0.1, 0.15) is 0 Å². The largest absolute Gasteiger partial charge is 0.348 e. The van der Waals surface area contributed by atoms with Crippen LogP contribution in [0.1, 0.15) is 41.6 Å². The van der Waals surface area contributed by atoms with Gasteiger partial charge >= 0.3 is 0 Å². The van der Waals surface area contributed by atoms with Gasteiger partial charge in [-0.3, -0.25) is 4.79 Å². The summed E-state index contributed by atoms with van der Waals surface area (Å²) in [5.74, 6) is 0.0669. The van der Waals surface area contributed by atoms with Crippen LogP contribution < -0.4 is 10.6 Å². The number of benzene rings is 2. The Kier molecular flexibility index (Phi) is 6.42. The second kappa shape index (κ2) is 8.97. The van der Waals surface area contributed by atoms with Crippen molar-refractivity contribution in [2.24, 2.45) is 0 Å². The average Bonchev–Trinajstić information content (AvgIpc) is 2.66. The number of hydrogen-bond donors (Lipinski definition) is 2. The molecule has 2 atom stereocenters. The molecule has 0 fully saturated rings. The molecule has 4 heteroatoms. The predicted molar refractivity (Wildman–Crippen MR) is 106 cm³/mol. The van der Waals surface area contributed by atoms with Crippen LogP contribution in [0.25, 0.3) is 0 Å². The summed E-state index contributed by atoms with van der Waals surface area (Å²) in [6.45, 7) is 1.08. The first kappa shape index (κ1) is 18.6. The summed E-state index contributed by atoms with van der Waals surface area (Å²) >= 11 is 0. The highest BCUT2D eigenvalue weighted by Gasteiger charge is 2.21. The maximum absolute atomic E-state index is 12.4. The van der Waals surface area contributed by atoms with Crippen LogP contribution in [0.5, 0.6) is 0 Å². The van der Waals surface area contributed by atoms with E-state index in [-0.39, 0.29) is 18.0 Å². The number of likely N-dealkylation sites (N-methyl/N-ethyl adjacent to an activating group) is 1. The SMILES string of the molecule is CN(C)[C@H](CNCC(=O)N[C@@H]1CCCc2ccccc21)c1ccccc1. The molecule has 2 aromatic rings. The molecule has 0 saturated heterocycles. The molecule has 0 aromatic heterocycles. The lowest BCUT2D eigenvalue weighted by Crippen LogP contribution is -2.40. The molecule has 138 valence electrons. The average molecular weight is 351 g/mol. The molecule has 26 heavy (non-hydrogen) atoms. The van der Waals surface area contributed by atoms with E-state index in [1.165, 1.54) is 16.7 Å². The Bertz CT molecular complexity index is 714. The van der Waals surface area contributed by atoms with E-state index >= 15 is 0 Å². The molecule has 1 aliphatic rings. The lowest BCUT2D eigenvalue weighted by atomic mass is 9.88. The predicted octanol–water partition coefficient (Wildman–Crippen LogP) is 3.07. The molecule has 2 N–H and O–H groups in total. The van der Waals surface area contributed by atoms with Crippen molar-refractivity contribution in [1.29, 1.82) is 0 Å². The lowest BCUT2D eigenvalue weighted by molar-refractivity contribution is -0.121. The van der Waals surface area contributed by atoms with E-state index in [4.69, 9.17) is 0 Å². The van der Waals surface area contributed by atoms with E-state index in [9.17, 15) is 4.79 Å². The molecule has 4 nitrogen and oxygen atoms in total. The quantitative estimate of drug-likeness (QED) is 0.806. The highest BCUT2D eigenvalue weighted by atomic mass is 16.1. The molecular formula is C22H29N3O. The van der Waals surface area contributed by atoms with Gasteiger partial charge in [0.25, 0.3) is 0 Å². The number of carbonyl (C=O) groups is 1. The van der Waals surface area contributed by atoms with Crippen molar-refractivity contribution in [3.8, 4) is 0 Å². The van der Waals surface area contributed by atoms with E-state index in [0.717, 1.165) is 25.8 Å². The Hall–Kier alpha value is -2.17. The summed E-state index contributed by atoms with van der Waals surface area (Å²) in [5.41, 5.74) is 3.91. The molecular weight excluding hydrogens is 322 g/mol. The molecule has 0 spiro atoms. The topological polar surface area (TPSA) is 44.4 Å². The Morgan fingerprint density at radius 3 is 2.62 bits per heavy atom. The second-order valence-electron chi connectivity index (χ2n) is 7.23. The van der Waals surface area contributed by atoms with Gasteiger partial charge in [-0.25, -0.2) is 0 Å². The molecule has 3 rings (SSSR count). The standard InChI is InChI=1S/C22H29N3O/c1-25(2)21(18-10-4-3-5-11-18)15-23-16-22(26)24-20-14-8-12-17-9-6-7-13-19(17)20/h3-7,9-11,13,20-21,23H,8,12,14-16H2,1-2H3,(H,24,26)/t20-,21-/m1/s1. The van der Waals surface area contributed by atoms with Gasteiger partial charge in [-0.2, -0.15) is 0 Å². The number of fused-ring (bicyclic) bond motifs is 1. The maximum atomic E-state index is 12.4. The summed E-state index contributed by atoms with van der Waals surface area (Å²) < 4.78 is 0. The fraction of sp³-hybridized carbons (Fsp3) is 0.409. The molecule has 0 saturated carbocycles. The number of nitrogens with zero attached hydrogens (tertiary/aromatic N) is 1. The highest BCUT2D eigenvalue weighted by molar-refractivity contribution is 5.78. The van der Waals surface area contributed by atoms with Crippen LogP contribution in [0.4, 0.5) is 0 Å². The smallest absolute Gasteiger partial charge is 0.234 e. The molecule has 0 heterocycles. The highest BCUT2D eigenvalue weighted by Crippen LogP contribution is 2.29. The first-order valence-corrected chi connectivity index (χ1v) is 9.44. The van der Waals surface area contributed by atoms with Crippen molar-refractivity contribution in [1.82, 2.24) is 15.5 Å². The van der Waals surface area contributed by atoms with E-state index in [1.807, 2.05) is 6.07 Å². The minimum atomic E-state index is 0.0669. The van der Waals surface area contributed by atoms with E-state index in [0.29, 0.717) is 6.54 Å². The zero-order valence-corrected chi connectivity index (χ0v) is 15.7. The molecule has 1 aliphatic carbocycles. The normalized spacial score (nSPS) is 17.6. The summed E-state index contributed by atoms with van der Waals surface area (Å²) in [5, 5.41) is 6.53. The van der Waals surface area contributed by atoms with Gasteiger partial charge in [0.15, 0.2) is 0 Å². The van der Waals surface area contributed by atoms with Crippen LogP contribution in [-0.2, 0) is 11.2 Å². The third-order valence-electron chi connectivity index (χ3n) is 5.14. The second-order valence-corrected chi connectivity index (χ2v) is 7.23. The van der Waals surface area contributed by atoms with Crippen molar-refractivity contribution in [2.45, 2.75) is 31.3 Å². The fourth-order valence-corrected chi connectivity index (χ4v) is 3.75.